The van der Waals surface area contributed by atoms with E-state index in [0.717, 1.165) is 26.7 Å². The minimum absolute atomic E-state index is 0.283. The van der Waals surface area contributed by atoms with E-state index >= 15 is 0 Å². The number of carbonyl (C=O) groups is 1. The number of fused-ring (bicyclic) bond motifs is 1. The number of hydrogen-bond acceptors (Lipinski definition) is 4. The largest absolute Gasteiger partial charge is 0.495 e. The van der Waals surface area contributed by atoms with Gasteiger partial charge in [0.25, 0.3) is 5.91 Å². The Morgan fingerprint density at radius 1 is 1.10 bits per heavy atom. The van der Waals surface area contributed by atoms with Crippen molar-refractivity contribution in [1.82, 2.24) is 4.98 Å². The first-order valence-corrected chi connectivity index (χ1v) is 10.4. The van der Waals surface area contributed by atoms with E-state index in [-0.39, 0.29) is 5.91 Å². The molecule has 0 aliphatic carbocycles. The predicted octanol–water partition coefficient (Wildman–Crippen LogP) is 6.59. The van der Waals surface area contributed by atoms with E-state index in [9.17, 15) is 4.79 Å². The molecule has 1 heterocycles. The molecule has 1 aromatic heterocycles. The molecule has 0 aliphatic rings. The van der Waals surface area contributed by atoms with Crippen molar-refractivity contribution < 1.29 is 13.9 Å². The van der Waals surface area contributed by atoms with E-state index in [1.807, 2.05) is 55.5 Å². The van der Waals surface area contributed by atoms with E-state index in [4.69, 9.17) is 9.15 Å². The zero-order valence-electron chi connectivity index (χ0n) is 15.6. The molecule has 0 radical (unpaired) electrons. The van der Waals surface area contributed by atoms with Gasteiger partial charge in [0.1, 0.15) is 11.3 Å². The molecule has 0 saturated carbocycles. The molecule has 0 spiro atoms. The van der Waals surface area contributed by atoms with Gasteiger partial charge in [-0.15, -0.1) is 0 Å². The van der Waals surface area contributed by atoms with Gasteiger partial charge in [-0.1, -0.05) is 28.1 Å². The molecule has 7 heteroatoms. The summed E-state index contributed by atoms with van der Waals surface area (Å²) < 4.78 is 12.7. The zero-order chi connectivity index (χ0) is 20.5. The molecule has 0 atom stereocenters. The number of benzene rings is 3. The monoisotopic (exact) mass is 514 g/mol. The van der Waals surface area contributed by atoms with Gasteiger partial charge in [-0.05, 0) is 70.9 Å². The zero-order valence-corrected chi connectivity index (χ0v) is 18.8. The van der Waals surface area contributed by atoms with Crippen LogP contribution >= 0.6 is 31.9 Å². The number of amides is 1. The summed E-state index contributed by atoms with van der Waals surface area (Å²) in [4.78, 5) is 17.4. The molecule has 0 aliphatic heterocycles. The Bertz CT molecular complexity index is 1230. The van der Waals surface area contributed by atoms with Gasteiger partial charge in [-0.25, -0.2) is 4.98 Å². The van der Waals surface area contributed by atoms with Crippen LogP contribution in [-0.4, -0.2) is 18.0 Å². The molecule has 4 rings (SSSR count). The Labute approximate surface area is 184 Å². The predicted molar refractivity (Wildman–Crippen MR) is 121 cm³/mol. The highest BCUT2D eigenvalue weighted by Crippen LogP contribution is 2.33. The molecule has 5 nitrogen and oxygen atoms in total. The Hall–Kier alpha value is -2.64. The Balaban J connectivity index is 1.65. The fourth-order valence-electron chi connectivity index (χ4n) is 3.03. The van der Waals surface area contributed by atoms with Gasteiger partial charge in [0, 0.05) is 15.7 Å². The Kier molecular flexibility index (Phi) is 5.43. The van der Waals surface area contributed by atoms with Crippen molar-refractivity contribution in [3.63, 3.8) is 0 Å². The maximum absolute atomic E-state index is 12.9. The highest BCUT2D eigenvalue weighted by atomic mass is 79.9. The van der Waals surface area contributed by atoms with E-state index in [1.165, 1.54) is 7.11 Å². The van der Waals surface area contributed by atoms with E-state index in [2.05, 4.69) is 42.2 Å². The first-order valence-electron chi connectivity index (χ1n) is 8.76. The van der Waals surface area contributed by atoms with Crippen molar-refractivity contribution in [3.05, 3.63) is 74.7 Å². The summed E-state index contributed by atoms with van der Waals surface area (Å²) in [5, 5.41) is 2.91. The molecular weight excluding hydrogens is 500 g/mol. The molecule has 146 valence electrons. The average molecular weight is 516 g/mol. The van der Waals surface area contributed by atoms with Crippen LogP contribution in [0.2, 0.25) is 0 Å². The summed E-state index contributed by atoms with van der Waals surface area (Å²) in [7, 11) is 1.53. The number of aryl methyl sites for hydroxylation is 1. The molecule has 3 aromatic carbocycles. The number of aromatic nitrogens is 1. The van der Waals surface area contributed by atoms with Crippen LogP contribution in [0.25, 0.3) is 22.6 Å². The van der Waals surface area contributed by atoms with Crippen molar-refractivity contribution in [2.75, 3.05) is 12.4 Å². The lowest BCUT2D eigenvalue weighted by Gasteiger charge is -2.12. The normalized spacial score (nSPS) is 10.9. The lowest BCUT2D eigenvalue weighted by Crippen LogP contribution is -2.13. The average Bonchev–Trinajstić information content (AvgIpc) is 3.11. The molecule has 0 bridgehead atoms. The van der Waals surface area contributed by atoms with Crippen molar-refractivity contribution in [3.8, 4) is 17.2 Å². The van der Waals surface area contributed by atoms with E-state index in [0.29, 0.717) is 27.4 Å². The molecule has 4 aromatic rings. The lowest BCUT2D eigenvalue weighted by molar-refractivity contribution is 0.102. The lowest BCUT2D eigenvalue weighted by atomic mass is 10.1. The maximum Gasteiger partial charge on any atom is 0.259 e. The number of nitrogens with zero attached hydrogens (tertiary/aromatic N) is 1. The second-order valence-electron chi connectivity index (χ2n) is 6.49. The third kappa shape index (κ3) is 4.06. The third-order valence-corrected chi connectivity index (χ3v) is 5.41. The van der Waals surface area contributed by atoms with Crippen LogP contribution in [0.1, 0.15) is 15.9 Å². The van der Waals surface area contributed by atoms with Crippen molar-refractivity contribution in [2.24, 2.45) is 0 Å². The van der Waals surface area contributed by atoms with Gasteiger partial charge in [0.05, 0.1) is 17.1 Å². The fraction of sp³-hybridized carbons (Fsp3) is 0.0909. The second-order valence-corrected chi connectivity index (χ2v) is 8.26. The maximum atomic E-state index is 12.9. The quantitative estimate of drug-likeness (QED) is 0.333. The van der Waals surface area contributed by atoms with Crippen LogP contribution in [0.5, 0.6) is 5.75 Å². The standard InChI is InChI=1S/C22H16Br2N2O3/c1-12-6-7-19-18(8-12)26-22(29-19)13-4-3-5-15(9-13)25-21(27)16-10-14(23)11-17(24)20(16)28-2/h3-11H,1-2H3,(H,25,27). The highest BCUT2D eigenvalue weighted by Gasteiger charge is 2.17. The molecule has 0 unspecified atom stereocenters. The first-order chi connectivity index (χ1) is 13.9. The summed E-state index contributed by atoms with van der Waals surface area (Å²) in [5.41, 5.74) is 4.47. The second kappa shape index (κ2) is 8.00. The van der Waals surface area contributed by atoms with Crippen LogP contribution in [0, 0.1) is 6.92 Å². The van der Waals surface area contributed by atoms with Gasteiger partial charge >= 0.3 is 0 Å². The number of ether oxygens (including phenoxy) is 1. The van der Waals surface area contributed by atoms with Gasteiger partial charge in [0.15, 0.2) is 5.58 Å². The Morgan fingerprint density at radius 3 is 2.72 bits per heavy atom. The van der Waals surface area contributed by atoms with Gasteiger partial charge in [-0.3, -0.25) is 4.79 Å². The SMILES string of the molecule is COc1c(Br)cc(Br)cc1C(=O)Nc1cccc(-c2nc3cc(C)ccc3o2)c1. The van der Waals surface area contributed by atoms with Gasteiger partial charge in [0.2, 0.25) is 5.89 Å². The minimum atomic E-state index is -0.283. The summed E-state index contributed by atoms with van der Waals surface area (Å²) >= 11 is 6.83. The number of hydrogen-bond donors (Lipinski definition) is 1. The van der Waals surface area contributed by atoms with Crippen LogP contribution in [0.4, 0.5) is 5.69 Å². The van der Waals surface area contributed by atoms with Gasteiger partial charge in [-0.2, -0.15) is 0 Å². The van der Waals surface area contributed by atoms with Crippen molar-refractivity contribution in [2.45, 2.75) is 6.92 Å². The number of carbonyl (C=O) groups excluding carboxylic acids is 1. The minimum Gasteiger partial charge on any atom is -0.495 e. The van der Waals surface area contributed by atoms with Crippen LogP contribution in [0.3, 0.4) is 0 Å². The summed E-state index contributed by atoms with van der Waals surface area (Å²) in [6.45, 7) is 2.01. The number of rotatable bonds is 4. The topological polar surface area (TPSA) is 64.4 Å². The van der Waals surface area contributed by atoms with Crippen molar-refractivity contribution >= 4 is 54.6 Å². The van der Waals surface area contributed by atoms with E-state index in [1.54, 1.807) is 6.07 Å². The first kappa shape index (κ1) is 19.7. The van der Waals surface area contributed by atoms with Crippen molar-refractivity contribution in [1.29, 1.82) is 0 Å². The van der Waals surface area contributed by atoms with Crippen LogP contribution in [0.15, 0.2) is 68.0 Å². The smallest absolute Gasteiger partial charge is 0.259 e. The Morgan fingerprint density at radius 2 is 1.93 bits per heavy atom. The van der Waals surface area contributed by atoms with E-state index < -0.39 is 0 Å². The number of anilines is 1. The number of oxazole rings is 1. The third-order valence-electron chi connectivity index (χ3n) is 4.37. The van der Waals surface area contributed by atoms with Crippen LogP contribution < -0.4 is 10.1 Å². The summed E-state index contributed by atoms with van der Waals surface area (Å²) in [6, 6.07) is 16.8. The molecule has 0 saturated heterocycles. The van der Waals surface area contributed by atoms with Gasteiger partial charge < -0.3 is 14.5 Å². The number of nitrogens with one attached hydrogen (secondary N) is 1. The molecule has 1 amide bonds. The number of halogens is 2. The summed E-state index contributed by atoms with van der Waals surface area (Å²) in [5.74, 6) is 0.690. The highest BCUT2D eigenvalue weighted by molar-refractivity contribution is 9.11. The summed E-state index contributed by atoms with van der Waals surface area (Å²) in [6.07, 6.45) is 0. The van der Waals surface area contributed by atoms with Crippen LogP contribution in [-0.2, 0) is 0 Å². The molecule has 0 fully saturated rings. The fourth-order valence-corrected chi connectivity index (χ4v) is 4.41. The molecular formula is C22H16Br2N2O3. The number of methoxy groups -OCH3 is 1. The molecule has 1 N–H and O–H groups in total. The molecule has 29 heavy (non-hydrogen) atoms.